The van der Waals surface area contributed by atoms with Gasteiger partial charge in [0.2, 0.25) is 0 Å². The summed E-state index contributed by atoms with van der Waals surface area (Å²) in [7, 11) is 0. The number of nitro groups is 2. The molecular formula is C16H16N4O6. The molecule has 0 heterocycles. The average molecular weight is 360 g/mol. The van der Waals surface area contributed by atoms with Gasteiger partial charge in [-0.2, -0.15) is 10.2 Å². The lowest BCUT2D eigenvalue weighted by molar-refractivity contribution is -0.385. The summed E-state index contributed by atoms with van der Waals surface area (Å²) in [6.07, 6.45) is 0.319. The Bertz CT molecular complexity index is 835. The molecule has 0 aliphatic rings. The quantitative estimate of drug-likeness (QED) is 0.419. The summed E-state index contributed by atoms with van der Waals surface area (Å²) in [5.41, 5.74) is 1.16. The van der Waals surface area contributed by atoms with Gasteiger partial charge in [0, 0.05) is 43.4 Å². The van der Waals surface area contributed by atoms with Crippen LogP contribution in [0, 0.1) is 20.2 Å². The average Bonchev–Trinajstić information content (AvgIpc) is 2.61. The lowest BCUT2D eigenvalue weighted by Gasteiger charge is -2.08. The summed E-state index contributed by atoms with van der Waals surface area (Å²) in [5, 5.41) is 48.1. The Balaban J connectivity index is 2.40. The highest BCUT2D eigenvalue weighted by molar-refractivity contribution is 5.58. The summed E-state index contributed by atoms with van der Waals surface area (Å²) in [5.74, 6) is 0. The van der Waals surface area contributed by atoms with Crippen LogP contribution in [0.4, 0.5) is 22.7 Å². The van der Waals surface area contributed by atoms with Crippen LogP contribution < -0.4 is 0 Å². The predicted molar refractivity (Wildman–Crippen MR) is 91.9 cm³/mol. The third kappa shape index (κ3) is 4.65. The van der Waals surface area contributed by atoms with E-state index in [2.05, 4.69) is 10.2 Å². The van der Waals surface area contributed by atoms with Gasteiger partial charge in [0.1, 0.15) is 0 Å². The van der Waals surface area contributed by atoms with E-state index < -0.39 is 9.85 Å². The molecule has 0 saturated carbocycles. The Morgan fingerprint density at radius 3 is 2.00 bits per heavy atom. The summed E-state index contributed by atoms with van der Waals surface area (Å²) >= 11 is 0. The Morgan fingerprint density at radius 2 is 1.46 bits per heavy atom. The molecule has 136 valence electrons. The summed E-state index contributed by atoms with van der Waals surface area (Å²) in [4.78, 5) is 20.8. The van der Waals surface area contributed by atoms with Crippen LogP contribution in [-0.2, 0) is 12.8 Å². The third-order valence-corrected chi connectivity index (χ3v) is 3.57. The van der Waals surface area contributed by atoms with Crippen molar-refractivity contribution in [2.45, 2.75) is 12.8 Å². The van der Waals surface area contributed by atoms with Crippen LogP contribution in [0.1, 0.15) is 11.1 Å². The lowest BCUT2D eigenvalue weighted by atomic mass is 10.0. The first-order valence-corrected chi connectivity index (χ1v) is 7.64. The van der Waals surface area contributed by atoms with Crippen molar-refractivity contribution >= 4 is 22.7 Å². The molecule has 0 aromatic heterocycles. The topological polar surface area (TPSA) is 151 Å². The minimum absolute atomic E-state index is 0.0890. The normalized spacial score (nSPS) is 11.0. The van der Waals surface area contributed by atoms with Crippen LogP contribution in [0.3, 0.4) is 0 Å². The van der Waals surface area contributed by atoms with Crippen LogP contribution in [0.2, 0.25) is 0 Å². The molecule has 26 heavy (non-hydrogen) atoms. The van der Waals surface area contributed by atoms with Crippen LogP contribution in [0.25, 0.3) is 0 Å². The fourth-order valence-electron chi connectivity index (χ4n) is 2.33. The highest BCUT2D eigenvalue weighted by Gasteiger charge is 2.18. The second-order valence-corrected chi connectivity index (χ2v) is 5.29. The zero-order chi connectivity index (χ0) is 19.1. The van der Waals surface area contributed by atoms with Crippen molar-refractivity contribution in [3.63, 3.8) is 0 Å². The number of azo groups is 1. The molecule has 0 bridgehead atoms. The number of rotatable bonds is 8. The molecule has 0 aliphatic heterocycles. The van der Waals surface area contributed by atoms with E-state index in [9.17, 15) is 25.3 Å². The van der Waals surface area contributed by atoms with Crippen LogP contribution in [0.5, 0.6) is 0 Å². The second-order valence-electron chi connectivity index (χ2n) is 5.29. The van der Waals surface area contributed by atoms with E-state index in [0.717, 1.165) is 0 Å². The maximum absolute atomic E-state index is 11.2. The second kappa shape index (κ2) is 8.74. The molecule has 2 rings (SSSR count). The van der Waals surface area contributed by atoms with Gasteiger partial charge in [0.05, 0.1) is 21.2 Å². The maximum Gasteiger partial charge on any atom is 0.274 e. The number of aliphatic hydroxyl groups excluding tert-OH is 2. The molecule has 2 N–H and O–H groups in total. The van der Waals surface area contributed by atoms with Gasteiger partial charge >= 0.3 is 0 Å². The Morgan fingerprint density at radius 1 is 0.846 bits per heavy atom. The van der Waals surface area contributed by atoms with E-state index in [-0.39, 0.29) is 43.1 Å². The van der Waals surface area contributed by atoms with Crippen molar-refractivity contribution in [3.05, 3.63) is 67.8 Å². The molecule has 2 aromatic carbocycles. The largest absolute Gasteiger partial charge is 0.396 e. The van der Waals surface area contributed by atoms with Crippen molar-refractivity contribution in [2.75, 3.05) is 13.2 Å². The molecule has 0 unspecified atom stereocenters. The number of hydrogen-bond acceptors (Lipinski definition) is 8. The lowest BCUT2D eigenvalue weighted by Crippen LogP contribution is -2.01. The number of hydrogen-bond donors (Lipinski definition) is 2. The Hall–Kier alpha value is -3.24. The SMILES string of the molecule is O=[N+]([O-])c1ccc(N=Nc2cc([N+](=O)[O-])c(CCO)cc2CCO)cc1. The van der Waals surface area contributed by atoms with Crippen molar-refractivity contribution in [1.82, 2.24) is 0 Å². The number of benzene rings is 2. The first-order valence-electron chi connectivity index (χ1n) is 7.64. The minimum atomic E-state index is -0.571. The molecule has 10 heteroatoms. The third-order valence-electron chi connectivity index (χ3n) is 3.57. The van der Waals surface area contributed by atoms with E-state index >= 15 is 0 Å². The van der Waals surface area contributed by atoms with Gasteiger partial charge in [0.15, 0.2) is 0 Å². The number of aliphatic hydroxyl groups is 2. The highest BCUT2D eigenvalue weighted by atomic mass is 16.6. The van der Waals surface area contributed by atoms with Gasteiger partial charge in [-0.3, -0.25) is 20.2 Å². The van der Waals surface area contributed by atoms with Gasteiger partial charge in [0.25, 0.3) is 11.4 Å². The van der Waals surface area contributed by atoms with Crippen LogP contribution in [-0.4, -0.2) is 33.3 Å². The monoisotopic (exact) mass is 360 g/mol. The number of nitro benzene ring substituents is 2. The molecule has 0 fully saturated rings. The fourth-order valence-corrected chi connectivity index (χ4v) is 2.33. The van der Waals surface area contributed by atoms with E-state index in [0.29, 0.717) is 16.8 Å². The zero-order valence-electron chi connectivity index (χ0n) is 13.6. The fraction of sp³-hybridized carbons (Fsp3) is 0.250. The van der Waals surface area contributed by atoms with E-state index in [1.807, 2.05) is 0 Å². The summed E-state index contributed by atoms with van der Waals surface area (Å²) < 4.78 is 0. The molecule has 0 aliphatic carbocycles. The molecular weight excluding hydrogens is 344 g/mol. The van der Waals surface area contributed by atoms with Crippen molar-refractivity contribution in [1.29, 1.82) is 0 Å². The van der Waals surface area contributed by atoms with Crippen molar-refractivity contribution in [2.24, 2.45) is 10.2 Å². The van der Waals surface area contributed by atoms with Gasteiger partial charge in [-0.15, -0.1) is 0 Å². The maximum atomic E-state index is 11.2. The molecule has 0 saturated heterocycles. The van der Waals surface area contributed by atoms with Gasteiger partial charge < -0.3 is 10.2 Å². The summed E-state index contributed by atoms with van der Waals surface area (Å²) in [6.45, 7) is -0.431. The standard InChI is InChI=1S/C16H16N4O6/c21-7-5-11-9-12(6-8-22)16(20(25)26)10-15(11)18-17-13-1-3-14(4-2-13)19(23)24/h1-4,9-10,21-22H,5-8H2. The Labute approximate surface area is 147 Å². The highest BCUT2D eigenvalue weighted by Crippen LogP contribution is 2.31. The van der Waals surface area contributed by atoms with Gasteiger partial charge in [-0.05, 0) is 30.2 Å². The zero-order valence-corrected chi connectivity index (χ0v) is 13.6. The minimum Gasteiger partial charge on any atom is -0.396 e. The van der Waals surface area contributed by atoms with Crippen molar-refractivity contribution < 1.29 is 20.1 Å². The molecule has 0 atom stereocenters. The van der Waals surface area contributed by atoms with E-state index in [4.69, 9.17) is 5.11 Å². The van der Waals surface area contributed by atoms with E-state index in [1.54, 1.807) is 0 Å². The van der Waals surface area contributed by atoms with Crippen LogP contribution in [0.15, 0.2) is 46.6 Å². The van der Waals surface area contributed by atoms with Gasteiger partial charge in [-0.1, -0.05) is 0 Å². The number of nitrogens with zero attached hydrogens (tertiary/aromatic N) is 4. The molecule has 0 radical (unpaired) electrons. The smallest absolute Gasteiger partial charge is 0.274 e. The molecule has 0 spiro atoms. The first kappa shape index (κ1) is 19.1. The van der Waals surface area contributed by atoms with E-state index in [1.165, 1.54) is 36.4 Å². The first-order chi connectivity index (χ1) is 12.5. The van der Waals surface area contributed by atoms with Crippen LogP contribution >= 0.6 is 0 Å². The molecule has 2 aromatic rings. The van der Waals surface area contributed by atoms with Crippen molar-refractivity contribution in [3.8, 4) is 0 Å². The Kier molecular flexibility index (Phi) is 6.42. The summed E-state index contributed by atoms with van der Waals surface area (Å²) in [6, 6.07) is 8.12. The predicted octanol–water partition coefficient (Wildman–Crippen LogP) is 2.99. The molecule has 10 nitrogen and oxygen atoms in total. The van der Waals surface area contributed by atoms with Gasteiger partial charge in [-0.25, -0.2) is 0 Å². The molecule has 0 amide bonds. The number of non-ortho nitro benzene ring substituents is 1.